The Morgan fingerprint density at radius 3 is 2.90 bits per heavy atom. The molecule has 0 atom stereocenters. The van der Waals surface area contributed by atoms with Gasteiger partial charge in [0.15, 0.2) is 0 Å². The number of rotatable bonds is 3. The van der Waals surface area contributed by atoms with Gasteiger partial charge in [-0.25, -0.2) is 0 Å². The summed E-state index contributed by atoms with van der Waals surface area (Å²) in [5.41, 5.74) is 4.10. The molecule has 0 aliphatic rings. The number of fused-ring (bicyclic) bond motifs is 1. The van der Waals surface area contributed by atoms with Gasteiger partial charge in [0.2, 0.25) is 0 Å². The summed E-state index contributed by atoms with van der Waals surface area (Å²) in [4.78, 5) is 0. The van der Waals surface area contributed by atoms with Crippen LogP contribution in [0.2, 0.25) is 0 Å². The van der Waals surface area contributed by atoms with Gasteiger partial charge in [-0.1, -0.05) is 0 Å². The maximum Gasteiger partial charge on any atom is 0.120 e. The molecule has 3 aromatic rings. The summed E-state index contributed by atoms with van der Waals surface area (Å²) in [7, 11) is 1.93. The second-order valence-corrected chi connectivity index (χ2v) is 5.79. The van der Waals surface area contributed by atoms with Crippen LogP contribution in [0.4, 0.5) is 5.69 Å². The lowest BCUT2D eigenvalue weighted by Gasteiger charge is -2.07. The Morgan fingerprint density at radius 2 is 2.15 bits per heavy atom. The van der Waals surface area contributed by atoms with Gasteiger partial charge >= 0.3 is 0 Å². The van der Waals surface area contributed by atoms with Gasteiger partial charge in [0, 0.05) is 29.7 Å². The number of aromatic nitrogens is 1. The molecule has 3 rings (SSSR count). The maximum atomic E-state index is 9.05. The van der Waals surface area contributed by atoms with E-state index in [4.69, 9.17) is 5.26 Å². The lowest BCUT2D eigenvalue weighted by atomic mass is 10.2. The molecule has 1 N–H and O–H groups in total. The summed E-state index contributed by atoms with van der Waals surface area (Å²) in [6.45, 7) is 2.77. The first-order chi connectivity index (χ1) is 9.69. The highest BCUT2D eigenvalue weighted by Gasteiger charge is 2.08. The minimum absolute atomic E-state index is 0.701. The van der Waals surface area contributed by atoms with Crippen LogP contribution in [0, 0.1) is 18.3 Å². The second-order valence-electron chi connectivity index (χ2n) is 4.84. The molecule has 0 radical (unpaired) electrons. The predicted molar refractivity (Wildman–Crippen MR) is 84.0 cm³/mol. The topological polar surface area (TPSA) is 40.8 Å². The molecule has 1 aromatic carbocycles. The number of hydrogen-bond acceptors (Lipinski definition) is 3. The Kier molecular flexibility index (Phi) is 3.21. The molecule has 3 nitrogen and oxygen atoms in total. The first-order valence-corrected chi connectivity index (χ1v) is 7.33. The molecular formula is C16H15N3S. The third kappa shape index (κ3) is 2.17. The van der Waals surface area contributed by atoms with Crippen LogP contribution in [-0.4, -0.2) is 4.57 Å². The van der Waals surface area contributed by atoms with Crippen molar-refractivity contribution in [2.24, 2.45) is 7.05 Å². The normalized spacial score (nSPS) is 10.7. The first-order valence-electron chi connectivity index (χ1n) is 6.45. The summed E-state index contributed by atoms with van der Waals surface area (Å²) in [5, 5.41) is 15.8. The van der Waals surface area contributed by atoms with E-state index in [1.54, 1.807) is 11.3 Å². The molecule has 0 aliphatic carbocycles. The monoisotopic (exact) mass is 281 g/mol. The van der Waals surface area contributed by atoms with Crippen molar-refractivity contribution in [2.75, 3.05) is 5.32 Å². The highest BCUT2D eigenvalue weighted by molar-refractivity contribution is 7.17. The fraction of sp³-hybridized carbons (Fsp3) is 0.188. The number of hydrogen-bond donors (Lipinski definition) is 1. The van der Waals surface area contributed by atoms with Crippen LogP contribution >= 0.6 is 11.3 Å². The van der Waals surface area contributed by atoms with Gasteiger partial charge in [0.05, 0.1) is 0 Å². The van der Waals surface area contributed by atoms with Crippen LogP contribution in [0.5, 0.6) is 0 Å². The van der Waals surface area contributed by atoms with E-state index < -0.39 is 0 Å². The lowest BCUT2D eigenvalue weighted by molar-refractivity contribution is 0.856. The molecule has 0 aliphatic heterocycles. The SMILES string of the molecule is Cc1c(CNc2ccc3sccc3c2)cc(C#N)n1C. The van der Waals surface area contributed by atoms with Crippen molar-refractivity contribution in [1.82, 2.24) is 4.57 Å². The summed E-state index contributed by atoms with van der Waals surface area (Å²) in [6.07, 6.45) is 0. The van der Waals surface area contributed by atoms with Gasteiger partial charge in [-0.3, -0.25) is 0 Å². The molecule has 0 saturated carbocycles. The predicted octanol–water partition coefficient (Wildman–Crippen LogP) is 4.03. The second kappa shape index (κ2) is 5.03. The summed E-state index contributed by atoms with van der Waals surface area (Å²) in [5.74, 6) is 0. The summed E-state index contributed by atoms with van der Waals surface area (Å²) < 4.78 is 3.23. The zero-order valence-electron chi connectivity index (χ0n) is 11.5. The highest BCUT2D eigenvalue weighted by atomic mass is 32.1. The largest absolute Gasteiger partial charge is 0.381 e. The van der Waals surface area contributed by atoms with Gasteiger partial charge in [0.1, 0.15) is 11.8 Å². The fourth-order valence-corrected chi connectivity index (χ4v) is 3.09. The molecule has 0 spiro atoms. The van der Waals surface area contributed by atoms with Gasteiger partial charge in [-0.15, -0.1) is 11.3 Å². The third-order valence-electron chi connectivity index (χ3n) is 3.69. The van der Waals surface area contributed by atoms with Crippen LogP contribution in [0.15, 0.2) is 35.7 Å². The van der Waals surface area contributed by atoms with Crippen LogP contribution in [0.25, 0.3) is 10.1 Å². The Labute approximate surface area is 122 Å². The van der Waals surface area contributed by atoms with E-state index in [0.29, 0.717) is 5.69 Å². The fourth-order valence-electron chi connectivity index (χ4n) is 2.32. The molecule has 0 amide bonds. The summed E-state index contributed by atoms with van der Waals surface area (Å²) >= 11 is 1.75. The standard InChI is InChI=1S/C16H15N3S/c1-11-13(8-15(9-17)19(11)2)10-18-14-3-4-16-12(7-14)5-6-20-16/h3-8,18H,10H2,1-2H3. The van der Waals surface area contributed by atoms with Crippen molar-refractivity contribution in [3.8, 4) is 6.07 Å². The number of thiophene rings is 1. The van der Waals surface area contributed by atoms with Crippen LogP contribution in [-0.2, 0) is 13.6 Å². The molecule has 2 aromatic heterocycles. The van der Waals surface area contributed by atoms with Gasteiger partial charge in [-0.05, 0) is 53.6 Å². The average molecular weight is 281 g/mol. The number of nitrogens with zero attached hydrogens (tertiary/aromatic N) is 2. The van der Waals surface area contributed by atoms with E-state index in [0.717, 1.165) is 23.5 Å². The van der Waals surface area contributed by atoms with Crippen molar-refractivity contribution in [2.45, 2.75) is 13.5 Å². The Hall–Kier alpha value is -2.25. The van der Waals surface area contributed by atoms with E-state index in [2.05, 4.69) is 41.0 Å². The molecule has 0 fully saturated rings. The van der Waals surface area contributed by atoms with E-state index in [1.165, 1.54) is 10.1 Å². The van der Waals surface area contributed by atoms with Gasteiger partial charge < -0.3 is 9.88 Å². The molecule has 0 bridgehead atoms. The number of benzene rings is 1. The molecule has 20 heavy (non-hydrogen) atoms. The van der Waals surface area contributed by atoms with E-state index in [-0.39, 0.29) is 0 Å². The lowest BCUT2D eigenvalue weighted by Crippen LogP contribution is -2.01. The van der Waals surface area contributed by atoms with Crippen molar-refractivity contribution < 1.29 is 0 Å². The van der Waals surface area contributed by atoms with Gasteiger partial charge in [-0.2, -0.15) is 5.26 Å². The molecule has 2 heterocycles. The van der Waals surface area contributed by atoms with E-state index in [1.807, 2.05) is 24.6 Å². The average Bonchev–Trinajstić information content (AvgIpc) is 3.03. The van der Waals surface area contributed by atoms with Crippen LogP contribution in [0.1, 0.15) is 17.0 Å². The van der Waals surface area contributed by atoms with E-state index >= 15 is 0 Å². The van der Waals surface area contributed by atoms with Crippen LogP contribution in [0.3, 0.4) is 0 Å². The van der Waals surface area contributed by atoms with Crippen molar-refractivity contribution in [3.63, 3.8) is 0 Å². The maximum absolute atomic E-state index is 9.05. The first kappa shape index (κ1) is 12.8. The van der Waals surface area contributed by atoms with Crippen molar-refractivity contribution in [1.29, 1.82) is 5.26 Å². The summed E-state index contributed by atoms with van der Waals surface area (Å²) in [6, 6.07) is 12.7. The molecule has 0 unspecified atom stereocenters. The highest BCUT2D eigenvalue weighted by Crippen LogP contribution is 2.24. The Bertz CT molecular complexity index is 805. The number of anilines is 1. The smallest absolute Gasteiger partial charge is 0.120 e. The van der Waals surface area contributed by atoms with Crippen molar-refractivity contribution in [3.05, 3.63) is 52.7 Å². The number of nitrogens with one attached hydrogen (secondary N) is 1. The Morgan fingerprint density at radius 1 is 1.30 bits per heavy atom. The molecule has 0 saturated heterocycles. The molecule has 4 heteroatoms. The zero-order valence-corrected chi connectivity index (χ0v) is 12.3. The molecular weight excluding hydrogens is 266 g/mol. The van der Waals surface area contributed by atoms with Crippen LogP contribution < -0.4 is 5.32 Å². The van der Waals surface area contributed by atoms with Crippen molar-refractivity contribution >= 4 is 27.1 Å². The zero-order chi connectivity index (χ0) is 14.1. The van der Waals surface area contributed by atoms with Gasteiger partial charge in [0.25, 0.3) is 0 Å². The Balaban J connectivity index is 1.81. The van der Waals surface area contributed by atoms with E-state index in [9.17, 15) is 0 Å². The molecule has 100 valence electrons. The minimum atomic E-state index is 0.701. The third-order valence-corrected chi connectivity index (χ3v) is 4.59. The minimum Gasteiger partial charge on any atom is -0.381 e. The number of nitriles is 1. The quantitative estimate of drug-likeness (QED) is 0.787.